The molecule has 7 nitrogen and oxygen atoms in total. The topological polar surface area (TPSA) is 110 Å². The number of hydrogen-bond acceptors (Lipinski definition) is 7. The number of ketones is 2. The van der Waals surface area contributed by atoms with Gasteiger partial charge in [-0.25, -0.2) is 0 Å². The van der Waals surface area contributed by atoms with E-state index in [0.717, 1.165) is 7.11 Å². The van der Waals surface area contributed by atoms with Crippen molar-refractivity contribution >= 4 is 17.5 Å². The predicted molar refractivity (Wildman–Crippen MR) is 71.4 cm³/mol. The van der Waals surface area contributed by atoms with Crippen LogP contribution in [0, 0.1) is 0 Å². The van der Waals surface area contributed by atoms with Gasteiger partial charge in [-0.3, -0.25) is 14.4 Å². The number of aliphatic hydroxyl groups is 2. The molecule has 1 aliphatic heterocycles. The van der Waals surface area contributed by atoms with Crippen molar-refractivity contribution in [2.24, 2.45) is 0 Å². The Balaban J connectivity index is 2.13. The summed E-state index contributed by atoms with van der Waals surface area (Å²) in [5.74, 6) is -2.35. The number of esters is 1. The summed E-state index contributed by atoms with van der Waals surface area (Å²) in [4.78, 5) is 36.6. The summed E-state index contributed by atoms with van der Waals surface area (Å²) in [6.07, 6.45) is -1.80. The van der Waals surface area contributed by atoms with Gasteiger partial charge in [-0.1, -0.05) is 24.3 Å². The van der Waals surface area contributed by atoms with Crippen LogP contribution in [0.3, 0.4) is 0 Å². The van der Waals surface area contributed by atoms with Crippen molar-refractivity contribution in [1.82, 2.24) is 0 Å². The van der Waals surface area contributed by atoms with Crippen LogP contribution in [0.2, 0.25) is 0 Å². The van der Waals surface area contributed by atoms with E-state index in [2.05, 4.69) is 4.74 Å². The minimum Gasteiger partial charge on any atom is -0.469 e. The van der Waals surface area contributed by atoms with E-state index in [1.54, 1.807) is 12.1 Å². The lowest BCUT2D eigenvalue weighted by atomic mass is 9.66. The molecule has 3 atom stereocenters. The van der Waals surface area contributed by atoms with E-state index in [1.807, 2.05) is 0 Å². The third kappa shape index (κ3) is 1.64. The van der Waals surface area contributed by atoms with E-state index in [1.165, 1.54) is 12.1 Å². The number of fused-ring (bicyclic) bond motifs is 2. The molecule has 2 aliphatic rings. The molecule has 1 heterocycles. The maximum absolute atomic E-state index is 12.7. The molecule has 0 bridgehead atoms. The van der Waals surface area contributed by atoms with Crippen LogP contribution in [0.1, 0.15) is 27.1 Å². The Morgan fingerprint density at radius 3 is 2.45 bits per heavy atom. The van der Waals surface area contributed by atoms with Gasteiger partial charge in [0.25, 0.3) is 0 Å². The van der Waals surface area contributed by atoms with Crippen molar-refractivity contribution in [3.63, 3.8) is 0 Å². The van der Waals surface area contributed by atoms with Crippen LogP contribution < -0.4 is 0 Å². The molecular weight excluding hydrogens is 292 g/mol. The minimum absolute atomic E-state index is 0.0000378. The molecule has 1 aromatic carbocycles. The van der Waals surface area contributed by atoms with Crippen molar-refractivity contribution in [1.29, 1.82) is 0 Å². The van der Waals surface area contributed by atoms with Crippen LogP contribution in [0.15, 0.2) is 24.3 Å². The highest BCUT2D eigenvalue weighted by Crippen LogP contribution is 2.45. The van der Waals surface area contributed by atoms with E-state index in [-0.39, 0.29) is 11.1 Å². The number of hydrogen-bond donors (Lipinski definition) is 2. The molecule has 0 saturated carbocycles. The van der Waals surface area contributed by atoms with Crippen LogP contribution >= 0.6 is 0 Å². The molecule has 1 aliphatic carbocycles. The highest BCUT2D eigenvalue weighted by molar-refractivity contribution is 6.22. The van der Waals surface area contributed by atoms with Gasteiger partial charge in [0, 0.05) is 11.1 Å². The number of benzene rings is 1. The molecule has 7 heteroatoms. The van der Waals surface area contributed by atoms with Gasteiger partial charge in [0.1, 0.15) is 6.10 Å². The Morgan fingerprint density at radius 1 is 1.27 bits per heavy atom. The second kappa shape index (κ2) is 4.70. The molecule has 22 heavy (non-hydrogen) atoms. The van der Waals surface area contributed by atoms with Crippen LogP contribution in [0.4, 0.5) is 0 Å². The summed E-state index contributed by atoms with van der Waals surface area (Å²) < 4.78 is 9.70. The highest BCUT2D eigenvalue weighted by atomic mass is 16.6. The van der Waals surface area contributed by atoms with Crippen LogP contribution in [-0.4, -0.2) is 58.8 Å². The molecule has 0 unspecified atom stereocenters. The SMILES string of the molecule is COC(=O)C[C@@H]1OC[C@@]2(O)C(=O)c3ccccc3C(=O)[C@@]12O. The van der Waals surface area contributed by atoms with Crippen molar-refractivity contribution in [2.75, 3.05) is 13.7 Å². The summed E-state index contributed by atoms with van der Waals surface area (Å²) in [7, 11) is 1.15. The first-order valence-corrected chi connectivity index (χ1v) is 6.68. The quantitative estimate of drug-likeness (QED) is 0.708. The van der Waals surface area contributed by atoms with Crippen molar-refractivity contribution in [3.05, 3.63) is 35.4 Å². The zero-order valence-corrected chi connectivity index (χ0v) is 11.7. The second-order valence-corrected chi connectivity index (χ2v) is 5.41. The maximum Gasteiger partial charge on any atom is 0.308 e. The molecule has 1 fully saturated rings. The fourth-order valence-corrected chi connectivity index (χ4v) is 3.04. The molecule has 0 spiro atoms. The molecule has 0 radical (unpaired) electrons. The first kappa shape index (κ1) is 14.8. The normalized spacial score (nSPS) is 33.3. The number of ether oxygens (including phenoxy) is 2. The van der Waals surface area contributed by atoms with Gasteiger partial charge < -0.3 is 19.7 Å². The van der Waals surface area contributed by atoms with Gasteiger partial charge in [0.05, 0.1) is 20.1 Å². The summed E-state index contributed by atoms with van der Waals surface area (Å²) in [5, 5.41) is 21.4. The largest absolute Gasteiger partial charge is 0.469 e. The van der Waals surface area contributed by atoms with Gasteiger partial charge in [-0.15, -0.1) is 0 Å². The maximum atomic E-state index is 12.7. The van der Waals surface area contributed by atoms with E-state index in [0.29, 0.717) is 0 Å². The van der Waals surface area contributed by atoms with Gasteiger partial charge >= 0.3 is 5.97 Å². The molecule has 3 rings (SSSR count). The lowest BCUT2D eigenvalue weighted by Gasteiger charge is -2.40. The number of carbonyl (C=O) groups is 3. The fraction of sp³-hybridized carbons (Fsp3) is 0.400. The van der Waals surface area contributed by atoms with Crippen LogP contribution in [0.25, 0.3) is 0 Å². The van der Waals surface area contributed by atoms with Crippen molar-refractivity contribution < 1.29 is 34.1 Å². The van der Waals surface area contributed by atoms with Crippen LogP contribution in [-0.2, 0) is 14.3 Å². The predicted octanol–water partition coefficient (Wildman–Crippen LogP) is -0.510. The number of carbonyl (C=O) groups excluding carboxylic acids is 3. The first-order valence-electron chi connectivity index (χ1n) is 6.68. The smallest absolute Gasteiger partial charge is 0.308 e. The summed E-state index contributed by atoms with van der Waals surface area (Å²) in [5.41, 5.74) is -4.88. The van der Waals surface area contributed by atoms with Crippen molar-refractivity contribution in [2.45, 2.75) is 23.7 Å². The molecule has 1 aromatic rings. The summed E-state index contributed by atoms with van der Waals surface area (Å²) >= 11 is 0. The second-order valence-electron chi connectivity index (χ2n) is 5.41. The minimum atomic E-state index is -2.51. The zero-order valence-electron chi connectivity index (χ0n) is 11.7. The fourth-order valence-electron chi connectivity index (χ4n) is 3.04. The van der Waals surface area contributed by atoms with Crippen LogP contribution in [0.5, 0.6) is 0 Å². The van der Waals surface area contributed by atoms with E-state index < -0.39 is 47.9 Å². The van der Waals surface area contributed by atoms with Gasteiger partial charge in [-0.2, -0.15) is 0 Å². The molecule has 2 N–H and O–H groups in total. The molecule has 1 saturated heterocycles. The lowest BCUT2D eigenvalue weighted by molar-refractivity contribution is -0.146. The van der Waals surface area contributed by atoms with Gasteiger partial charge in [0.15, 0.2) is 11.2 Å². The van der Waals surface area contributed by atoms with E-state index in [9.17, 15) is 24.6 Å². The Morgan fingerprint density at radius 2 is 1.86 bits per heavy atom. The Bertz CT molecular complexity index is 682. The molecule has 116 valence electrons. The molecular formula is C15H14O7. The zero-order chi connectivity index (χ0) is 16.1. The number of methoxy groups -OCH3 is 1. The lowest BCUT2D eigenvalue weighted by Crippen LogP contribution is -2.68. The van der Waals surface area contributed by atoms with Gasteiger partial charge in [-0.05, 0) is 0 Å². The molecule has 0 aromatic heterocycles. The Hall–Kier alpha value is -2.09. The average Bonchev–Trinajstić information content (AvgIpc) is 2.79. The summed E-state index contributed by atoms with van der Waals surface area (Å²) in [6, 6.07) is 5.89. The first-order chi connectivity index (χ1) is 10.4. The van der Waals surface area contributed by atoms with E-state index in [4.69, 9.17) is 4.74 Å². The number of rotatable bonds is 2. The molecule has 0 amide bonds. The van der Waals surface area contributed by atoms with E-state index >= 15 is 0 Å². The van der Waals surface area contributed by atoms with Crippen molar-refractivity contribution in [3.8, 4) is 0 Å². The number of Topliss-reactive ketones (excluding diaryl/α,β-unsaturated/α-hetero) is 2. The van der Waals surface area contributed by atoms with Gasteiger partial charge in [0.2, 0.25) is 11.6 Å². The standard InChI is InChI=1S/C15H14O7/c1-21-11(16)6-10-15(20)13(18)9-5-3-2-4-8(9)12(17)14(15,19)7-22-10/h2-5,10,19-20H,6-7H2,1H3/t10-,14+,15-/m0/s1. The Labute approximate surface area is 125 Å². The summed E-state index contributed by atoms with van der Waals surface area (Å²) in [6.45, 7) is -0.565. The third-order valence-electron chi connectivity index (χ3n) is 4.31. The highest BCUT2D eigenvalue weighted by Gasteiger charge is 2.71. The monoisotopic (exact) mass is 306 g/mol. The average molecular weight is 306 g/mol. The third-order valence-corrected chi connectivity index (χ3v) is 4.31. The Kier molecular flexibility index (Phi) is 3.17.